The smallest absolute Gasteiger partial charge is 0.229 e. The lowest BCUT2D eigenvalue weighted by molar-refractivity contribution is -0.122. The quantitative estimate of drug-likeness (QED) is 0.933. The van der Waals surface area contributed by atoms with Gasteiger partial charge in [-0.1, -0.05) is 0 Å². The van der Waals surface area contributed by atoms with E-state index in [4.69, 9.17) is 5.26 Å². The molecule has 0 aromatic carbocycles. The van der Waals surface area contributed by atoms with Crippen LogP contribution >= 0.6 is 27.3 Å². The molecule has 16 heavy (non-hydrogen) atoms. The van der Waals surface area contributed by atoms with Crippen molar-refractivity contribution >= 4 is 33.2 Å². The SMILES string of the molecule is CC(C(=O)NC1(C#N)CC1)c1ccc(Br)s1. The van der Waals surface area contributed by atoms with Crippen molar-refractivity contribution in [1.29, 1.82) is 5.26 Å². The molecule has 1 aliphatic rings. The summed E-state index contributed by atoms with van der Waals surface area (Å²) in [5.41, 5.74) is -0.570. The Morgan fingerprint density at radius 2 is 2.38 bits per heavy atom. The summed E-state index contributed by atoms with van der Waals surface area (Å²) < 4.78 is 1.02. The summed E-state index contributed by atoms with van der Waals surface area (Å²) in [6.45, 7) is 1.86. The van der Waals surface area contributed by atoms with Gasteiger partial charge in [0.05, 0.1) is 15.8 Å². The summed E-state index contributed by atoms with van der Waals surface area (Å²) in [5, 5.41) is 11.7. The van der Waals surface area contributed by atoms with E-state index in [1.165, 1.54) is 0 Å². The fourth-order valence-corrected chi connectivity index (χ4v) is 2.90. The molecule has 1 unspecified atom stereocenters. The largest absolute Gasteiger partial charge is 0.337 e. The number of amides is 1. The predicted molar refractivity (Wildman–Crippen MR) is 66.2 cm³/mol. The maximum Gasteiger partial charge on any atom is 0.229 e. The molecule has 84 valence electrons. The Labute approximate surface area is 107 Å². The highest BCUT2D eigenvalue weighted by Gasteiger charge is 2.45. The number of halogens is 1. The fourth-order valence-electron chi connectivity index (χ4n) is 1.42. The third-order valence-electron chi connectivity index (χ3n) is 2.74. The predicted octanol–water partition coefficient (Wildman–Crippen LogP) is 2.79. The van der Waals surface area contributed by atoms with Gasteiger partial charge in [0, 0.05) is 4.88 Å². The van der Waals surface area contributed by atoms with E-state index in [-0.39, 0.29) is 11.8 Å². The lowest BCUT2D eigenvalue weighted by Crippen LogP contribution is -2.38. The average molecular weight is 299 g/mol. The Kier molecular flexibility index (Phi) is 3.04. The number of carbonyl (C=O) groups is 1. The first-order valence-corrected chi connectivity index (χ1v) is 6.66. The van der Waals surface area contributed by atoms with Crippen LogP contribution in [-0.4, -0.2) is 11.4 Å². The second kappa shape index (κ2) is 4.19. The number of thiophene rings is 1. The third-order valence-corrected chi connectivity index (χ3v) is 4.55. The van der Waals surface area contributed by atoms with Gasteiger partial charge in [-0.15, -0.1) is 11.3 Å². The molecular weight excluding hydrogens is 288 g/mol. The highest BCUT2D eigenvalue weighted by molar-refractivity contribution is 9.11. The molecule has 2 rings (SSSR count). The van der Waals surface area contributed by atoms with Crippen LogP contribution in [-0.2, 0) is 4.79 Å². The van der Waals surface area contributed by atoms with Crippen LogP contribution in [0.4, 0.5) is 0 Å². The first kappa shape index (κ1) is 11.6. The molecule has 0 aliphatic heterocycles. The van der Waals surface area contributed by atoms with Crippen LogP contribution in [0.1, 0.15) is 30.6 Å². The van der Waals surface area contributed by atoms with Crippen molar-refractivity contribution in [3.8, 4) is 6.07 Å². The van der Waals surface area contributed by atoms with E-state index < -0.39 is 5.54 Å². The summed E-state index contributed by atoms with van der Waals surface area (Å²) in [7, 11) is 0. The molecule has 1 aromatic rings. The number of carbonyl (C=O) groups excluding carboxylic acids is 1. The number of nitrogens with zero attached hydrogens (tertiary/aromatic N) is 1. The molecule has 0 bridgehead atoms. The minimum absolute atomic E-state index is 0.0617. The Bertz CT molecular complexity index is 459. The minimum atomic E-state index is -0.570. The zero-order valence-corrected chi connectivity index (χ0v) is 11.2. The van der Waals surface area contributed by atoms with Crippen molar-refractivity contribution in [2.75, 3.05) is 0 Å². The summed E-state index contributed by atoms with van der Waals surface area (Å²) in [4.78, 5) is 12.9. The van der Waals surface area contributed by atoms with Crippen LogP contribution < -0.4 is 5.32 Å². The molecule has 0 spiro atoms. The Morgan fingerprint density at radius 3 is 2.81 bits per heavy atom. The van der Waals surface area contributed by atoms with Crippen molar-refractivity contribution < 1.29 is 4.79 Å². The molecule has 1 heterocycles. The monoisotopic (exact) mass is 298 g/mol. The van der Waals surface area contributed by atoms with Gasteiger partial charge < -0.3 is 5.32 Å². The van der Waals surface area contributed by atoms with Gasteiger partial charge in [-0.05, 0) is 47.8 Å². The van der Waals surface area contributed by atoms with E-state index >= 15 is 0 Å². The van der Waals surface area contributed by atoms with Crippen LogP contribution in [0.3, 0.4) is 0 Å². The standard InChI is InChI=1S/C11H11BrN2OS/c1-7(8-2-3-9(12)16-8)10(15)14-11(6-13)4-5-11/h2-3,7H,4-5H2,1H3,(H,14,15). The molecule has 5 heteroatoms. The van der Waals surface area contributed by atoms with Crippen LogP contribution in [0.2, 0.25) is 0 Å². The van der Waals surface area contributed by atoms with Gasteiger partial charge in [0.2, 0.25) is 5.91 Å². The third kappa shape index (κ3) is 2.28. The van der Waals surface area contributed by atoms with E-state index in [0.29, 0.717) is 0 Å². The molecule has 1 amide bonds. The van der Waals surface area contributed by atoms with Crippen molar-refractivity contribution in [2.45, 2.75) is 31.2 Å². The summed E-state index contributed by atoms with van der Waals surface area (Å²) in [6.07, 6.45) is 1.55. The van der Waals surface area contributed by atoms with Crippen LogP contribution in [0.15, 0.2) is 15.9 Å². The molecule has 0 saturated heterocycles. The van der Waals surface area contributed by atoms with Crippen molar-refractivity contribution in [1.82, 2.24) is 5.32 Å². The molecule has 1 aliphatic carbocycles. The normalized spacial score (nSPS) is 18.6. The number of nitriles is 1. The Balaban J connectivity index is 2.03. The van der Waals surface area contributed by atoms with Crippen LogP contribution in [0.25, 0.3) is 0 Å². The van der Waals surface area contributed by atoms with E-state index in [9.17, 15) is 4.79 Å². The summed E-state index contributed by atoms with van der Waals surface area (Å²) >= 11 is 4.92. The van der Waals surface area contributed by atoms with E-state index in [2.05, 4.69) is 27.3 Å². The maximum absolute atomic E-state index is 11.9. The van der Waals surface area contributed by atoms with Crippen LogP contribution in [0, 0.1) is 11.3 Å². The summed E-state index contributed by atoms with van der Waals surface area (Å²) in [6, 6.07) is 6.02. The van der Waals surface area contributed by atoms with Crippen molar-refractivity contribution in [3.63, 3.8) is 0 Å². The van der Waals surface area contributed by atoms with Gasteiger partial charge in [-0.3, -0.25) is 4.79 Å². The van der Waals surface area contributed by atoms with Crippen molar-refractivity contribution in [3.05, 3.63) is 20.8 Å². The summed E-state index contributed by atoms with van der Waals surface area (Å²) in [5.74, 6) is -0.254. The molecule has 1 aromatic heterocycles. The number of rotatable bonds is 3. The Morgan fingerprint density at radius 1 is 1.69 bits per heavy atom. The molecule has 1 fully saturated rings. The van der Waals surface area contributed by atoms with Crippen LogP contribution in [0.5, 0.6) is 0 Å². The van der Waals surface area contributed by atoms with Gasteiger partial charge >= 0.3 is 0 Å². The number of hydrogen-bond donors (Lipinski definition) is 1. The van der Waals surface area contributed by atoms with E-state index in [1.54, 1.807) is 11.3 Å². The highest BCUT2D eigenvalue weighted by atomic mass is 79.9. The number of hydrogen-bond acceptors (Lipinski definition) is 3. The molecule has 0 radical (unpaired) electrons. The molecule has 3 nitrogen and oxygen atoms in total. The van der Waals surface area contributed by atoms with Gasteiger partial charge in [0.25, 0.3) is 0 Å². The van der Waals surface area contributed by atoms with Gasteiger partial charge in [-0.2, -0.15) is 5.26 Å². The lowest BCUT2D eigenvalue weighted by atomic mass is 10.1. The second-order valence-corrected chi connectivity index (χ2v) is 6.54. The van der Waals surface area contributed by atoms with E-state index in [0.717, 1.165) is 21.5 Å². The van der Waals surface area contributed by atoms with Crippen molar-refractivity contribution in [2.24, 2.45) is 0 Å². The molecule has 1 N–H and O–H groups in total. The second-order valence-electron chi connectivity index (χ2n) is 4.05. The first-order valence-electron chi connectivity index (χ1n) is 5.05. The Hall–Kier alpha value is -0.860. The minimum Gasteiger partial charge on any atom is -0.337 e. The first-order chi connectivity index (χ1) is 7.56. The fraction of sp³-hybridized carbons (Fsp3) is 0.455. The topological polar surface area (TPSA) is 52.9 Å². The van der Waals surface area contributed by atoms with Gasteiger partial charge in [-0.25, -0.2) is 0 Å². The zero-order chi connectivity index (χ0) is 11.8. The van der Waals surface area contributed by atoms with Gasteiger partial charge in [0.15, 0.2) is 0 Å². The molecule has 1 atom stereocenters. The zero-order valence-electron chi connectivity index (χ0n) is 8.79. The molecular formula is C11H11BrN2OS. The maximum atomic E-state index is 11.9. The van der Waals surface area contributed by atoms with Gasteiger partial charge in [0.1, 0.15) is 5.54 Å². The lowest BCUT2D eigenvalue weighted by Gasteiger charge is -2.13. The number of nitrogens with one attached hydrogen (secondary N) is 1. The van der Waals surface area contributed by atoms with E-state index in [1.807, 2.05) is 19.1 Å². The average Bonchev–Trinajstić information content (AvgIpc) is 2.91. The highest BCUT2D eigenvalue weighted by Crippen LogP contribution is 2.36. The molecule has 1 saturated carbocycles.